The predicted octanol–water partition coefficient (Wildman–Crippen LogP) is 1.65. The molecule has 0 radical (unpaired) electrons. The van der Waals surface area contributed by atoms with E-state index in [2.05, 4.69) is 18.7 Å². The summed E-state index contributed by atoms with van der Waals surface area (Å²) in [4.78, 5) is 2.46. The van der Waals surface area contributed by atoms with Gasteiger partial charge in [0.1, 0.15) is 0 Å². The van der Waals surface area contributed by atoms with Crippen molar-refractivity contribution < 1.29 is 9.84 Å². The minimum atomic E-state index is -0.256. The number of hydrogen-bond donors (Lipinski definition) is 1. The quantitative estimate of drug-likeness (QED) is 0.795. The van der Waals surface area contributed by atoms with Gasteiger partial charge < -0.3 is 9.84 Å². The smallest absolute Gasteiger partial charge is 0.0769 e. The molecule has 0 aromatic rings. The molecule has 3 heteroatoms. The number of aliphatic hydroxyl groups is 1. The Morgan fingerprint density at radius 2 is 1.94 bits per heavy atom. The lowest BCUT2D eigenvalue weighted by Crippen LogP contribution is -2.56. The molecule has 0 amide bonds. The maximum atomic E-state index is 10.5. The zero-order valence-electron chi connectivity index (χ0n) is 10.6. The maximum Gasteiger partial charge on any atom is 0.0769 e. The molecule has 2 aliphatic rings. The first-order valence-electron chi connectivity index (χ1n) is 6.63. The summed E-state index contributed by atoms with van der Waals surface area (Å²) in [5.41, 5.74) is -0.0984. The van der Waals surface area contributed by atoms with Gasteiger partial charge in [-0.25, -0.2) is 0 Å². The molecule has 0 spiro atoms. The molecule has 0 saturated carbocycles. The number of rotatable bonds is 3. The van der Waals surface area contributed by atoms with Crippen LogP contribution in [0.4, 0.5) is 0 Å². The van der Waals surface area contributed by atoms with E-state index in [1.807, 2.05) is 0 Å². The van der Waals surface area contributed by atoms with Gasteiger partial charge in [-0.1, -0.05) is 6.42 Å². The van der Waals surface area contributed by atoms with E-state index < -0.39 is 0 Å². The number of ether oxygens (including phenoxy) is 1. The second-order valence-electron chi connectivity index (χ2n) is 5.77. The molecule has 2 atom stereocenters. The summed E-state index contributed by atoms with van der Waals surface area (Å²) in [5.74, 6) is 0.330. The Hall–Kier alpha value is -0.120. The molecule has 2 heterocycles. The SMILES string of the molecule is CC(C)(C(O)C1CCOC1)N1CCCCC1. The Morgan fingerprint density at radius 3 is 2.50 bits per heavy atom. The van der Waals surface area contributed by atoms with Gasteiger partial charge in [-0.2, -0.15) is 0 Å². The van der Waals surface area contributed by atoms with Crippen LogP contribution in [-0.4, -0.2) is 48.0 Å². The minimum absolute atomic E-state index is 0.0984. The van der Waals surface area contributed by atoms with Crippen molar-refractivity contribution in [3.8, 4) is 0 Å². The summed E-state index contributed by atoms with van der Waals surface area (Å²) in [6.07, 6.45) is 4.65. The van der Waals surface area contributed by atoms with E-state index in [4.69, 9.17) is 4.74 Å². The normalized spacial score (nSPS) is 30.6. The Bertz CT molecular complexity index is 218. The van der Waals surface area contributed by atoms with Crippen LogP contribution in [0.3, 0.4) is 0 Å². The highest BCUT2D eigenvalue weighted by molar-refractivity contribution is 4.94. The summed E-state index contributed by atoms with van der Waals surface area (Å²) >= 11 is 0. The largest absolute Gasteiger partial charge is 0.391 e. The average Bonchev–Trinajstić information content (AvgIpc) is 2.82. The van der Waals surface area contributed by atoms with Crippen molar-refractivity contribution in [2.45, 2.75) is 51.2 Å². The van der Waals surface area contributed by atoms with Crippen molar-refractivity contribution in [3.05, 3.63) is 0 Å². The summed E-state index contributed by atoms with van der Waals surface area (Å²) in [7, 11) is 0. The molecule has 0 aliphatic carbocycles. The first-order chi connectivity index (χ1) is 7.62. The van der Waals surface area contributed by atoms with E-state index in [9.17, 15) is 5.11 Å². The van der Waals surface area contributed by atoms with Gasteiger partial charge in [0.25, 0.3) is 0 Å². The number of aliphatic hydroxyl groups excluding tert-OH is 1. The lowest BCUT2D eigenvalue weighted by molar-refractivity contribution is -0.0503. The Morgan fingerprint density at radius 1 is 1.25 bits per heavy atom. The van der Waals surface area contributed by atoms with Crippen molar-refractivity contribution in [2.75, 3.05) is 26.3 Å². The zero-order chi connectivity index (χ0) is 11.6. The van der Waals surface area contributed by atoms with E-state index in [-0.39, 0.29) is 11.6 Å². The topological polar surface area (TPSA) is 32.7 Å². The van der Waals surface area contributed by atoms with Crippen LogP contribution < -0.4 is 0 Å². The lowest BCUT2D eigenvalue weighted by atomic mass is 9.84. The van der Waals surface area contributed by atoms with Gasteiger partial charge >= 0.3 is 0 Å². The van der Waals surface area contributed by atoms with Gasteiger partial charge in [-0.15, -0.1) is 0 Å². The molecule has 2 fully saturated rings. The van der Waals surface area contributed by atoms with E-state index in [0.29, 0.717) is 5.92 Å². The Kier molecular flexibility index (Phi) is 3.88. The van der Waals surface area contributed by atoms with Gasteiger partial charge in [0.05, 0.1) is 12.7 Å². The molecule has 2 saturated heterocycles. The molecule has 2 rings (SSSR count). The predicted molar refractivity (Wildman–Crippen MR) is 64.4 cm³/mol. The van der Waals surface area contributed by atoms with Crippen molar-refractivity contribution in [1.29, 1.82) is 0 Å². The van der Waals surface area contributed by atoms with Crippen LogP contribution in [0.2, 0.25) is 0 Å². The van der Waals surface area contributed by atoms with Crippen LogP contribution in [-0.2, 0) is 4.74 Å². The summed E-state index contributed by atoms with van der Waals surface area (Å²) in [6.45, 7) is 8.19. The average molecular weight is 227 g/mol. The Labute approximate surface area is 98.8 Å². The summed E-state index contributed by atoms with van der Waals surface area (Å²) in [6, 6.07) is 0. The van der Waals surface area contributed by atoms with Crippen molar-refractivity contribution >= 4 is 0 Å². The van der Waals surface area contributed by atoms with E-state index >= 15 is 0 Å². The third kappa shape index (κ3) is 2.41. The molecule has 0 bridgehead atoms. The van der Waals surface area contributed by atoms with E-state index in [1.165, 1.54) is 19.3 Å². The van der Waals surface area contributed by atoms with Crippen LogP contribution in [0.1, 0.15) is 39.5 Å². The monoisotopic (exact) mass is 227 g/mol. The minimum Gasteiger partial charge on any atom is -0.391 e. The first-order valence-corrected chi connectivity index (χ1v) is 6.63. The van der Waals surface area contributed by atoms with Crippen LogP contribution in [0.25, 0.3) is 0 Å². The van der Waals surface area contributed by atoms with Crippen LogP contribution in [0.15, 0.2) is 0 Å². The number of nitrogens with zero attached hydrogens (tertiary/aromatic N) is 1. The van der Waals surface area contributed by atoms with Crippen LogP contribution in [0, 0.1) is 5.92 Å². The summed E-state index contributed by atoms with van der Waals surface area (Å²) < 4.78 is 5.38. The third-order valence-electron chi connectivity index (χ3n) is 4.31. The highest BCUT2D eigenvalue weighted by atomic mass is 16.5. The lowest BCUT2D eigenvalue weighted by Gasteiger charge is -2.45. The molecule has 0 aromatic heterocycles. The van der Waals surface area contributed by atoms with Crippen molar-refractivity contribution in [1.82, 2.24) is 4.90 Å². The maximum absolute atomic E-state index is 10.5. The van der Waals surface area contributed by atoms with Crippen molar-refractivity contribution in [2.24, 2.45) is 5.92 Å². The van der Waals surface area contributed by atoms with E-state index in [1.54, 1.807) is 0 Å². The molecular weight excluding hydrogens is 202 g/mol. The second kappa shape index (κ2) is 5.03. The molecule has 2 aliphatic heterocycles. The fourth-order valence-electron chi connectivity index (χ4n) is 3.04. The molecule has 3 nitrogen and oxygen atoms in total. The van der Waals surface area contributed by atoms with Gasteiger partial charge in [0.2, 0.25) is 0 Å². The highest BCUT2D eigenvalue weighted by Crippen LogP contribution is 2.30. The number of hydrogen-bond acceptors (Lipinski definition) is 3. The van der Waals surface area contributed by atoms with Crippen molar-refractivity contribution in [3.63, 3.8) is 0 Å². The summed E-state index contributed by atoms with van der Waals surface area (Å²) in [5, 5.41) is 10.5. The first kappa shape index (κ1) is 12.3. The molecule has 16 heavy (non-hydrogen) atoms. The second-order valence-corrected chi connectivity index (χ2v) is 5.77. The van der Waals surface area contributed by atoms with Gasteiger partial charge in [-0.05, 0) is 46.2 Å². The van der Waals surface area contributed by atoms with Gasteiger partial charge in [-0.3, -0.25) is 4.90 Å². The fraction of sp³-hybridized carbons (Fsp3) is 1.00. The van der Waals surface area contributed by atoms with Gasteiger partial charge in [0, 0.05) is 18.1 Å². The third-order valence-corrected chi connectivity index (χ3v) is 4.31. The zero-order valence-corrected chi connectivity index (χ0v) is 10.6. The van der Waals surface area contributed by atoms with Gasteiger partial charge in [0.15, 0.2) is 0 Å². The molecular formula is C13H25NO2. The van der Waals surface area contributed by atoms with E-state index in [0.717, 1.165) is 32.7 Å². The fourth-order valence-corrected chi connectivity index (χ4v) is 3.04. The highest BCUT2D eigenvalue weighted by Gasteiger charge is 2.40. The van der Waals surface area contributed by atoms with Crippen LogP contribution in [0.5, 0.6) is 0 Å². The Balaban J connectivity index is 1.98. The standard InChI is InChI=1S/C13H25NO2/c1-13(2,14-7-4-3-5-8-14)12(15)11-6-9-16-10-11/h11-12,15H,3-10H2,1-2H3. The molecule has 2 unspecified atom stereocenters. The number of likely N-dealkylation sites (tertiary alicyclic amines) is 1. The molecule has 94 valence electrons. The molecule has 1 N–H and O–H groups in total. The molecule has 0 aromatic carbocycles. The van der Waals surface area contributed by atoms with Crippen LogP contribution >= 0.6 is 0 Å². The number of piperidine rings is 1.